The summed E-state index contributed by atoms with van der Waals surface area (Å²) in [7, 11) is -1.58. The number of nitrogens with one attached hydrogen (secondary N) is 1. The molecule has 8 heteroatoms. The second kappa shape index (κ2) is 7.08. The molecule has 0 unspecified atom stereocenters. The van der Waals surface area contributed by atoms with Gasteiger partial charge >= 0.3 is 0 Å². The zero-order chi connectivity index (χ0) is 17.2. The third-order valence-corrected chi connectivity index (χ3v) is 5.75. The number of hydrogen-bond donors (Lipinski definition) is 1. The van der Waals surface area contributed by atoms with E-state index in [0.29, 0.717) is 11.5 Å². The molecule has 1 aromatic carbocycles. The first-order chi connectivity index (χ1) is 11.5. The Labute approximate surface area is 150 Å². The highest BCUT2D eigenvalue weighted by molar-refractivity contribution is 9.10. The average Bonchev–Trinajstić information content (AvgIpc) is 2.57. The van der Waals surface area contributed by atoms with Gasteiger partial charge in [-0.15, -0.1) is 0 Å². The van der Waals surface area contributed by atoms with Gasteiger partial charge in [0.25, 0.3) is 10.0 Å². The van der Waals surface area contributed by atoms with E-state index >= 15 is 0 Å². The van der Waals surface area contributed by atoms with Crippen LogP contribution in [0, 0.1) is 0 Å². The average molecular weight is 411 g/mol. The van der Waals surface area contributed by atoms with E-state index in [1.165, 1.54) is 0 Å². The summed E-state index contributed by atoms with van der Waals surface area (Å²) in [5.41, 5.74) is 0.484. The summed E-state index contributed by atoms with van der Waals surface area (Å²) in [6.07, 6.45) is 1.69. The molecule has 3 rings (SSSR count). The predicted molar refractivity (Wildman–Crippen MR) is 98.9 cm³/mol. The van der Waals surface area contributed by atoms with Gasteiger partial charge in [-0.3, -0.25) is 4.72 Å². The first-order valence-electron chi connectivity index (χ1n) is 7.62. The fourth-order valence-electron chi connectivity index (χ4n) is 2.58. The topological polar surface area (TPSA) is 65.5 Å². The van der Waals surface area contributed by atoms with Gasteiger partial charge in [-0.25, -0.2) is 13.4 Å². The Bertz CT molecular complexity index is 806. The van der Waals surface area contributed by atoms with Crippen molar-refractivity contribution in [3.05, 3.63) is 47.1 Å². The van der Waals surface area contributed by atoms with Crippen LogP contribution in [-0.4, -0.2) is 51.5 Å². The van der Waals surface area contributed by atoms with E-state index in [1.807, 2.05) is 0 Å². The number of likely N-dealkylation sites (N-methyl/N-ethyl adjacent to an activating group) is 1. The minimum atomic E-state index is -3.65. The second-order valence-corrected chi connectivity index (χ2v) is 8.33. The van der Waals surface area contributed by atoms with Gasteiger partial charge in [-0.1, -0.05) is 18.2 Å². The first kappa shape index (κ1) is 17.2. The molecule has 0 saturated carbocycles. The van der Waals surface area contributed by atoms with E-state index in [4.69, 9.17) is 0 Å². The van der Waals surface area contributed by atoms with Gasteiger partial charge in [-0.05, 0) is 41.2 Å². The monoisotopic (exact) mass is 410 g/mol. The van der Waals surface area contributed by atoms with Crippen LogP contribution in [0.4, 0.5) is 11.5 Å². The van der Waals surface area contributed by atoms with Crippen LogP contribution in [0.3, 0.4) is 0 Å². The van der Waals surface area contributed by atoms with Gasteiger partial charge in [0.15, 0.2) is 5.82 Å². The number of hydrogen-bond acceptors (Lipinski definition) is 5. The van der Waals surface area contributed by atoms with Crippen LogP contribution < -0.4 is 9.62 Å². The lowest BCUT2D eigenvalue weighted by atomic mass is 10.3. The van der Waals surface area contributed by atoms with E-state index in [-0.39, 0.29) is 4.90 Å². The lowest BCUT2D eigenvalue weighted by Crippen LogP contribution is -2.45. The summed E-state index contributed by atoms with van der Waals surface area (Å²) in [4.78, 5) is 9.01. The molecule has 0 bridgehead atoms. The van der Waals surface area contributed by atoms with Crippen molar-refractivity contribution in [1.82, 2.24) is 9.88 Å². The molecule has 1 aliphatic rings. The van der Waals surface area contributed by atoms with Gasteiger partial charge in [0.1, 0.15) is 0 Å². The van der Waals surface area contributed by atoms with Gasteiger partial charge in [0, 0.05) is 36.8 Å². The molecular weight excluding hydrogens is 392 g/mol. The maximum absolute atomic E-state index is 12.6. The van der Waals surface area contributed by atoms with Crippen LogP contribution in [0.2, 0.25) is 0 Å². The number of anilines is 2. The van der Waals surface area contributed by atoms with Gasteiger partial charge in [0.05, 0.1) is 10.6 Å². The fraction of sp³-hybridized carbons (Fsp3) is 0.312. The summed E-state index contributed by atoms with van der Waals surface area (Å²) in [5, 5.41) is 0. The van der Waals surface area contributed by atoms with Crippen LogP contribution >= 0.6 is 15.9 Å². The number of pyridine rings is 1. The molecule has 1 N–H and O–H groups in total. The molecule has 2 heterocycles. The quantitative estimate of drug-likeness (QED) is 0.837. The highest BCUT2D eigenvalue weighted by atomic mass is 79.9. The number of nitrogens with zero attached hydrogens (tertiary/aromatic N) is 3. The van der Waals surface area contributed by atoms with E-state index in [9.17, 15) is 8.42 Å². The van der Waals surface area contributed by atoms with Crippen molar-refractivity contribution in [2.75, 3.05) is 42.8 Å². The number of sulfonamides is 1. The minimum Gasteiger partial charge on any atom is -0.352 e. The van der Waals surface area contributed by atoms with Crippen LogP contribution in [0.25, 0.3) is 0 Å². The molecule has 1 aromatic heterocycles. The number of benzene rings is 1. The molecule has 0 atom stereocenters. The van der Waals surface area contributed by atoms with Crippen molar-refractivity contribution in [3.8, 4) is 0 Å². The molecule has 0 spiro atoms. The van der Waals surface area contributed by atoms with Crippen molar-refractivity contribution in [1.29, 1.82) is 0 Å². The highest BCUT2D eigenvalue weighted by Gasteiger charge is 2.22. The lowest BCUT2D eigenvalue weighted by Gasteiger charge is -2.34. The number of rotatable bonds is 4. The summed E-state index contributed by atoms with van der Waals surface area (Å²) in [6.45, 7) is 3.46. The van der Waals surface area contributed by atoms with E-state index < -0.39 is 10.0 Å². The van der Waals surface area contributed by atoms with E-state index in [2.05, 4.69) is 42.5 Å². The normalized spacial score (nSPS) is 16.2. The zero-order valence-corrected chi connectivity index (χ0v) is 15.7. The zero-order valence-electron chi connectivity index (χ0n) is 13.3. The summed E-state index contributed by atoms with van der Waals surface area (Å²) in [5.74, 6) is 0.658. The predicted octanol–water partition coefficient (Wildman–Crippen LogP) is 2.40. The first-order valence-corrected chi connectivity index (χ1v) is 9.90. The lowest BCUT2D eigenvalue weighted by molar-refractivity contribution is 0.312. The molecule has 1 aliphatic heterocycles. The fourth-order valence-corrected chi connectivity index (χ4v) is 3.99. The van der Waals surface area contributed by atoms with Crippen molar-refractivity contribution in [2.45, 2.75) is 4.90 Å². The van der Waals surface area contributed by atoms with Crippen LogP contribution in [0.1, 0.15) is 0 Å². The van der Waals surface area contributed by atoms with E-state index in [0.717, 1.165) is 30.7 Å². The summed E-state index contributed by atoms with van der Waals surface area (Å²) >= 11 is 3.37. The molecule has 0 amide bonds. The summed E-state index contributed by atoms with van der Waals surface area (Å²) in [6, 6.07) is 10.1. The third kappa shape index (κ3) is 3.88. The molecule has 1 saturated heterocycles. The van der Waals surface area contributed by atoms with Gasteiger partial charge in [-0.2, -0.15) is 0 Å². The van der Waals surface area contributed by atoms with Crippen LogP contribution in [0.15, 0.2) is 52.0 Å². The number of aromatic nitrogens is 1. The molecule has 24 heavy (non-hydrogen) atoms. The summed E-state index contributed by atoms with van der Waals surface area (Å²) < 4.78 is 28.6. The maximum Gasteiger partial charge on any atom is 0.262 e. The molecule has 0 radical (unpaired) electrons. The minimum absolute atomic E-state index is 0.231. The largest absolute Gasteiger partial charge is 0.352 e. The Kier molecular flexibility index (Phi) is 5.07. The second-order valence-electron chi connectivity index (χ2n) is 5.73. The smallest absolute Gasteiger partial charge is 0.262 e. The molecule has 1 fully saturated rings. The van der Waals surface area contributed by atoms with Gasteiger partial charge in [0.2, 0.25) is 0 Å². The Morgan fingerprint density at radius 2 is 1.79 bits per heavy atom. The SMILES string of the molecule is CN1CCN(c2ncc(Br)cc2NS(=O)(=O)c2ccccc2)CC1. The maximum atomic E-state index is 12.6. The molecule has 6 nitrogen and oxygen atoms in total. The van der Waals surface area contributed by atoms with Crippen molar-refractivity contribution < 1.29 is 8.42 Å². The molecule has 128 valence electrons. The van der Waals surface area contributed by atoms with Crippen molar-refractivity contribution >= 4 is 37.5 Å². The molecule has 0 aliphatic carbocycles. The van der Waals surface area contributed by atoms with Crippen molar-refractivity contribution in [3.63, 3.8) is 0 Å². The van der Waals surface area contributed by atoms with Crippen LogP contribution in [0.5, 0.6) is 0 Å². The Balaban J connectivity index is 1.91. The molecule has 2 aromatic rings. The third-order valence-electron chi connectivity index (χ3n) is 3.93. The van der Waals surface area contributed by atoms with Gasteiger partial charge < -0.3 is 9.80 Å². The van der Waals surface area contributed by atoms with Crippen molar-refractivity contribution in [2.24, 2.45) is 0 Å². The van der Waals surface area contributed by atoms with Crippen LogP contribution in [-0.2, 0) is 10.0 Å². The Morgan fingerprint density at radius 1 is 1.12 bits per heavy atom. The standard InChI is InChI=1S/C16H19BrN4O2S/c1-20-7-9-21(10-8-20)16-15(11-13(17)12-18-16)19-24(22,23)14-5-3-2-4-6-14/h2-6,11-12,19H,7-10H2,1H3. The Morgan fingerprint density at radius 3 is 2.46 bits per heavy atom. The Hall–Kier alpha value is -1.64. The molecular formula is C16H19BrN4O2S. The van der Waals surface area contributed by atoms with E-state index in [1.54, 1.807) is 42.6 Å². The number of piperazine rings is 1. The number of halogens is 1. The highest BCUT2D eigenvalue weighted by Crippen LogP contribution is 2.29.